The van der Waals surface area contributed by atoms with E-state index in [1.807, 2.05) is 13.0 Å². The molecule has 1 N–H and O–H groups in total. The molecule has 22 heavy (non-hydrogen) atoms. The number of carbonyl (C=O) groups is 2. The third-order valence-corrected chi connectivity index (χ3v) is 4.24. The van der Waals surface area contributed by atoms with Crippen molar-refractivity contribution in [2.24, 2.45) is 5.41 Å². The molecule has 120 valence electrons. The molecule has 1 aromatic carbocycles. The van der Waals surface area contributed by atoms with Crippen LogP contribution in [0.1, 0.15) is 19.4 Å². The zero-order valence-corrected chi connectivity index (χ0v) is 13.9. The first-order valence-corrected chi connectivity index (χ1v) is 7.65. The van der Waals surface area contributed by atoms with E-state index in [4.69, 9.17) is 16.3 Å². The molecule has 1 aromatic rings. The van der Waals surface area contributed by atoms with Crippen LogP contribution >= 0.6 is 11.6 Å². The maximum Gasteiger partial charge on any atom is 0.239 e. The molecule has 0 bridgehead atoms. The number of hydrogen-bond donors (Lipinski definition) is 1. The average molecular weight is 325 g/mol. The monoisotopic (exact) mass is 324 g/mol. The number of anilines is 1. The van der Waals surface area contributed by atoms with Crippen molar-refractivity contribution in [2.75, 3.05) is 31.6 Å². The Labute approximate surface area is 135 Å². The van der Waals surface area contributed by atoms with Gasteiger partial charge in [-0.3, -0.25) is 9.59 Å². The molecule has 2 rings (SSSR count). The van der Waals surface area contributed by atoms with Crippen LogP contribution in [0.3, 0.4) is 0 Å². The predicted molar refractivity (Wildman–Crippen MR) is 86.0 cm³/mol. The topological polar surface area (TPSA) is 58.6 Å². The Morgan fingerprint density at radius 1 is 1.27 bits per heavy atom. The number of nitrogens with zero attached hydrogens (tertiary/aromatic N) is 1. The van der Waals surface area contributed by atoms with Crippen LogP contribution in [0, 0.1) is 12.3 Å². The fourth-order valence-corrected chi connectivity index (χ4v) is 2.40. The van der Waals surface area contributed by atoms with Gasteiger partial charge in [-0.15, -0.1) is 0 Å². The van der Waals surface area contributed by atoms with Crippen LogP contribution in [0.4, 0.5) is 5.69 Å². The second-order valence-electron chi connectivity index (χ2n) is 5.95. The van der Waals surface area contributed by atoms with Gasteiger partial charge in [-0.1, -0.05) is 17.7 Å². The Hall–Kier alpha value is -1.59. The molecule has 1 aliphatic rings. The maximum atomic E-state index is 12.6. The molecule has 1 aliphatic heterocycles. The predicted octanol–water partition coefficient (Wildman–Crippen LogP) is 2.47. The maximum absolute atomic E-state index is 12.6. The van der Waals surface area contributed by atoms with E-state index in [0.717, 1.165) is 5.56 Å². The highest BCUT2D eigenvalue weighted by atomic mass is 35.5. The van der Waals surface area contributed by atoms with Gasteiger partial charge in [-0.25, -0.2) is 0 Å². The fraction of sp³-hybridized carbons (Fsp3) is 0.500. The van der Waals surface area contributed by atoms with Gasteiger partial charge in [0.1, 0.15) is 5.41 Å². The van der Waals surface area contributed by atoms with Crippen LogP contribution in [-0.4, -0.2) is 43.0 Å². The van der Waals surface area contributed by atoms with Gasteiger partial charge in [0.05, 0.1) is 13.2 Å². The summed E-state index contributed by atoms with van der Waals surface area (Å²) in [4.78, 5) is 26.7. The summed E-state index contributed by atoms with van der Waals surface area (Å²) in [6.45, 7) is 7.22. The molecule has 0 aliphatic carbocycles. The molecule has 5 nitrogen and oxygen atoms in total. The number of halogens is 1. The van der Waals surface area contributed by atoms with Crippen molar-refractivity contribution in [1.29, 1.82) is 0 Å². The molecule has 0 spiro atoms. The molecule has 0 aromatic heterocycles. The Bertz CT molecular complexity index is 581. The number of carbonyl (C=O) groups excluding carboxylic acids is 2. The van der Waals surface area contributed by atoms with Crippen molar-refractivity contribution >= 4 is 29.1 Å². The largest absolute Gasteiger partial charge is 0.378 e. The quantitative estimate of drug-likeness (QED) is 0.869. The van der Waals surface area contributed by atoms with Gasteiger partial charge in [0.15, 0.2) is 0 Å². The van der Waals surface area contributed by atoms with Crippen LogP contribution in [0.15, 0.2) is 18.2 Å². The van der Waals surface area contributed by atoms with Crippen molar-refractivity contribution in [3.8, 4) is 0 Å². The number of nitrogens with one attached hydrogen (secondary N) is 1. The van der Waals surface area contributed by atoms with Gasteiger partial charge >= 0.3 is 0 Å². The fourth-order valence-electron chi connectivity index (χ4n) is 2.22. The first-order chi connectivity index (χ1) is 10.3. The molecule has 0 saturated carbocycles. The van der Waals surface area contributed by atoms with Gasteiger partial charge in [-0.05, 0) is 38.5 Å². The molecule has 1 saturated heterocycles. The van der Waals surface area contributed by atoms with Crippen molar-refractivity contribution < 1.29 is 14.3 Å². The highest BCUT2D eigenvalue weighted by molar-refractivity contribution is 6.31. The summed E-state index contributed by atoms with van der Waals surface area (Å²) < 4.78 is 5.23. The highest BCUT2D eigenvalue weighted by Crippen LogP contribution is 2.25. The first-order valence-electron chi connectivity index (χ1n) is 7.27. The molecule has 0 unspecified atom stereocenters. The van der Waals surface area contributed by atoms with E-state index in [0.29, 0.717) is 37.0 Å². The summed E-state index contributed by atoms with van der Waals surface area (Å²) in [5.74, 6) is -0.532. The Balaban J connectivity index is 2.08. The van der Waals surface area contributed by atoms with Crippen molar-refractivity contribution in [3.05, 3.63) is 28.8 Å². The Morgan fingerprint density at radius 2 is 1.91 bits per heavy atom. The van der Waals surface area contributed by atoms with Crippen LogP contribution in [0.2, 0.25) is 5.02 Å². The summed E-state index contributed by atoms with van der Waals surface area (Å²) in [5.41, 5.74) is 0.376. The minimum atomic E-state index is -1.14. The number of aryl methyl sites for hydroxylation is 1. The van der Waals surface area contributed by atoms with E-state index in [1.54, 1.807) is 30.9 Å². The number of morpholine rings is 1. The number of hydrogen-bond acceptors (Lipinski definition) is 3. The van der Waals surface area contributed by atoms with Crippen LogP contribution in [0.25, 0.3) is 0 Å². The lowest BCUT2D eigenvalue weighted by atomic mass is 9.90. The lowest BCUT2D eigenvalue weighted by Crippen LogP contribution is -2.51. The van der Waals surface area contributed by atoms with E-state index in [-0.39, 0.29) is 11.8 Å². The van der Waals surface area contributed by atoms with Gasteiger partial charge in [0.2, 0.25) is 11.8 Å². The van der Waals surface area contributed by atoms with Gasteiger partial charge in [0, 0.05) is 23.8 Å². The SMILES string of the molecule is Cc1ccc(NC(=O)C(C)(C)C(=O)N2CCOCC2)cc1Cl. The van der Waals surface area contributed by atoms with E-state index < -0.39 is 5.41 Å². The van der Waals surface area contributed by atoms with Crippen LogP contribution < -0.4 is 5.32 Å². The van der Waals surface area contributed by atoms with Crippen molar-refractivity contribution in [2.45, 2.75) is 20.8 Å². The smallest absolute Gasteiger partial charge is 0.239 e. The normalized spacial score (nSPS) is 15.5. The van der Waals surface area contributed by atoms with Gasteiger partial charge in [0.25, 0.3) is 0 Å². The standard InChI is InChI=1S/C16H21ClN2O3/c1-11-4-5-12(10-13(11)17)18-14(20)16(2,3)15(21)19-6-8-22-9-7-19/h4-5,10H,6-9H2,1-3H3,(H,18,20). The zero-order chi connectivity index (χ0) is 16.3. The number of ether oxygens (including phenoxy) is 1. The van der Waals surface area contributed by atoms with Crippen LogP contribution in [-0.2, 0) is 14.3 Å². The van der Waals surface area contributed by atoms with Crippen molar-refractivity contribution in [1.82, 2.24) is 4.90 Å². The molecule has 0 atom stereocenters. The molecular weight excluding hydrogens is 304 g/mol. The molecule has 1 fully saturated rings. The lowest BCUT2D eigenvalue weighted by molar-refractivity contribution is -0.149. The molecule has 6 heteroatoms. The average Bonchev–Trinajstić information content (AvgIpc) is 2.51. The Kier molecular flexibility index (Phi) is 5.08. The summed E-state index contributed by atoms with van der Waals surface area (Å²) in [7, 11) is 0. The minimum absolute atomic E-state index is 0.188. The Morgan fingerprint density at radius 3 is 2.50 bits per heavy atom. The number of amides is 2. The van der Waals surface area contributed by atoms with Crippen LogP contribution in [0.5, 0.6) is 0 Å². The summed E-state index contributed by atoms with van der Waals surface area (Å²) >= 11 is 6.06. The highest BCUT2D eigenvalue weighted by Gasteiger charge is 2.39. The zero-order valence-electron chi connectivity index (χ0n) is 13.1. The molecular formula is C16H21ClN2O3. The molecule has 2 amide bonds. The minimum Gasteiger partial charge on any atom is -0.378 e. The van der Waals surface area contributed by atoms with E-state index in [1.165, 1.54) is 0 Å². The second-order valence-corrected chi connectivity index (χ2v) is 6.35. The van der Waals surface area contributed by atoms with E-state index >= 15 is 0 Å². The van der Waals surface area contributed by atoms with Gasteiger partial charge in [-0.2, -0.15) is 0 Å². The first kappa shape index (κ1) is 16.8. The third-order valence-electron chi connectivity index (χ3n) is 3.83. The third kappa shape index (κ3) is 3.59. The van der Waals surface area contributed by atoms with E-state index in [9.17, 15) is 9.59 Å². The lowest BCUT2D eigenvalue weighted by Gasteiger charge is -2.33. The molecule has 1 heterocycles. The van der Waals surface area contributed by atoms with Crippen molar-refractivity contribution in [3.63, 3.8) is 0 Å². The summed E-state index contributed by atoms with van der Waals surface area (Å²) in [6, 6.07) is 5.28. The molecule has 0 radical (unpaired) electrons. The summed E-state index contributed by atoms with van der Waals surface area (Å²) in [5, 5.41) is 3.35. The number of benzene rings is 1. The van der Waals surface area contributed by atoms with E-state index in [2.05, 4.69) is 5.32 Å². The summed E-state index contributed by atoms with van der Waals surface area (Å²) in [6.07, 6.45) is 0. The van der Waals surface area contributed by atoms with Gasteiger partial charge < -0.3 is 15.0 Å². The second kappa shape index (κ2) is 6.67. The number of rotatable bonds is 3.